The Bertz CT molecular complexity index is 889. The highest BCUT2D eigenvalue weighted by Gasteiger charge is 2.16. The second-order valence-electron chi connectivity index (χ2n) is 6.55. The van der Waals surface area contributed by atoms with Gasteiger partial charge in [-0.05, 0) is 12.1 Å². The van der Waals surface area contributed by atoms with Crippen molar-refractivity contribution in [2.45, 2.75) is 6.54 Å². The second kappa shape index (κ2) is 8.47. The Morgan fingerprint density at radius 2 is 2.11 bits per heavy atom. The average molecular weight is 367 g/mol. The molecule has 0 spiro atoms. The summed E-state index contributed by atoms with van der Waals surface area (Å²) in [7, 11) is 1.71. The zero-order valence-corrected chi connectivity index (χ0v) is 15.6. The zero-order chi connectivity index (χ0) is 18.5. The molecule has 1 fully saturated rings. The molecule has 0 radical (unpaired) electrons. The number of aromatic nitrogens is 3. The fourth-order valence-corrected chi connectivity index (χ4v) is 3.32. The molecule has 0 bridgehead atoms. The number of nitrogens with one attached hydrogen (secondary N) is 2. The van der Waals surface area contributed by atoms with Gasteiger partial charge in [-0.2, -0.15) is 0 Å². The number of aromatic amines is 1. The van der Waals surface area contributed by atoms with Gasteiger partial charge in [-0.1, -0.05) is 12.1 Å². The van der Waals surface area contributed by atoms with E-state index in [1.165, 1.54) is 0 Å². The van der Waals surface area contributed by atoms with Crippen LogP contribution in [0.2, 0.25) is 0 Å². The largest absolute Gasteiger partial charge is 0.383 e. The van der Waals surface area contributed by atoms with Crippen LogP contribution in [0, 0.1) is 0 Å². The van der Waals surface area contributed by atoms with Crippen LogP contribution in [0.1, 0.15) is 5.69 Å². The predicted octanol–water partition coefficient (Wildman–Crippen LogP) is 2.20. The molecular weight excluding hydrogens is 342 g/mol. The minimum absolute atomic E-state index is 0.677. The van der Waals surface area contributed by atoms with Crippen molar-refractivity contribution in [3.63, 3.8) is 0 Å². The van der Waals surface area contributed by atoms with Gasteiger partial charge in [0.15, 0.2) is 5.82 Å². The van der Waals surface area contributed by atoms with Crippen LogP contribution in [0.15, 0.2) is 36.5 Å². The molecule has 3 heterocycles. The highest BCUT2D eigenvalue weighted by atomic mass is 16.5. The summed E-state index contributed by atoms with van der Waals surface area (Å²) in [6.07, 6.45) is 1.95. The first-order valence-corrected chi connectivity index (χ1v) is 9.32. The number of hydrogen-bond acceptors (Lipinski definition) is 6. The number of anilines is 1. The summed E-state index contributed by atoms with van der Waals surface area (Å²) < 4.78 is 10.6. The topological polar surface area (TPSA) is 75.3 Å². The van der Waals surface area contributed by atoms with Gasteiger partial charge in [0.25, 0.3) is 0 Å². The van der Waals surface area contributed by atoms with Crippen LogP contribution < -0.4 is 10.2 Å². The quantitative estimate of drug-likeness (QED) is 0.624. The normalized spacial score (nSPS) is 14.8. The molecule has 1 saturated heterocycles. The fraction of sp³-hybridized carbons (Fsp3) is 0.400. The summed E-state index contributed by atoms with van der Waals surface area (Å²) in [5, 5.41) is 4.51. The maximum Gasteiger partial charge on any atom is 0.162 e. The average Bonchev–Trinajstić information content (AvgIpc) is 3.21. The summed E-state index contributed by atoms with van der Waals surface area (Å²) in [6, 6.07) is 10.3. The molecule has 1 aliphatic rings. The van der Waals surface area contributed by atoms with E-state index in [1.807, 2.05) is 12.3 Å². The third-order valence-corrected chi connectivity index (χ3v) is 4.73. The van der Waals surface area contributed by atoms with Gasteiger partial charge in [-0.15, -0.1) is 0 Å². The van der Waals surface area contributed by atoms with Crippen LogP contribution in [0.25, 0.3) is 22.3 Å². The Morgan fingerprint density at radius 3 is 2.96 bits per heavy atom. The molecule has 0 atom stereocenters. The van der Waals surface area contributed by atoms with Crippen LogP contribution in [-0.2, 0) is 16.0 Å². The van der Waals surface area contributed by atoms with Crippen molar-refractivity contribution in [2.24, 2.45) is 0 Å². The predicted molar refractivity (Wildman–Crippen MR) is 106 cm³/mol. The minimum atomic E-state index is 0.677. The highest BCUT2D eigenvalue weighted by Crippen LogP contribution is 2.27. The Hall–Kier alpha value is -2.48. The van der Waals surface area contributed by atoms with Crippen LogP contribution in [0.4, 0.5) is 5.82 Å². The number of rotatable bonds is 7. The molecule has 4 rings (SSSR count). The molecule has 27 heavy (non-hydrogen) atoms. The van der Waals surface area contributed by atoms with E-state index >= 15 is 0 Å². The molecule has 7 heteroatoms. The van der Waals surface area contributed by atoms with Crippen molar-refractivity contribution < 1.29 is 9.47 Å². The molecule has 3 aromatic rings. The van der Waals surface area contributed by atoms with E-state index in [-0.39, 0.29) is 0 Å². The third kappa shape index (κ3) is 4.10. The lowest BCUT2D eigenvalue weighted by molar-refractivity contribution is 0.122. The Balaban J connectivity index is 1.69. The van der Waals surface area contributed by atoms with Gasteiger partial charge in [-0.25, -0.2) is 9.97 Å². The number of morpholine rings is 1. The molecular formula is C20H25N5O2. The third-order valence-electron chi connectivity index (χ3n) is 4.73. The van der Waals surface area contributed by atoms with E-state index in [1.54, 1.807) is 7.11 Å². The van der Waals surface area contributed by atoms with Crippen molar-refractivity contribution in [1.29, 1.82) is 0 Å². The lowest BCUT2D eigenvalue weighted by Crippen LogP contribution is -2.37. The maximum absolute atomic E-state index is 5.49. The van der Waals surface area contributed by atoms with E-state index < -0.39 is 0 Å². The molecule has 1 aromatic carbocycles. The maximum atomic E-state index is 5.49. The molecule has 142 valence electrons. The highest BCUT2D eigenvalue weighted by molar-refractivity contribution is 5.93. The smallest absolute Gasteiger partial charge is 0.162 e. The number of hydrogen-bond donors (Lipinski definition) is 2. The number of methoxy groups -OCH3 is 1. The number of fused-ring (bicyclic) bond motifs is 1. The van der Waals surface area contributed by atoms with E-state index in [9.17, 15) is 0 Å². The van der Waals surface area contributed by atoms with Gasteiger partial charge in [0.05, 0.1) is 25.5 Å². The summed E-state index contributed by atoms with van der Waals surface area (Å²) in [6.45, 7) is 5.30. The Labute approximate surface area is 158 Å². The number of benzene rings is 1. The van der Waals surface area contributed by atoms with Crippen molar-refractivity contribution >= 4 is 16.7 Å². The van der Waals surface area contributed by atoms with Gasteiger partial charge in [0, 0.05) is 62.0 Å². The van der Waals surface area contributed by atoms with Crippen molar-refractivity contribution in [3.05, 3.63) is 42.2 Å². The lowest BCUT2D eigenvalue weighted by Gasteiger charge is -2.28. The second-order valence-corrected chi connectivity index (χ2v) is 6.55. The van der Waals surface area contributed by atoms with Crippen LogP contribution in [0.5, 0.6) is 0 Å². The molecule has 0 amide bonds. The van der Waals surface area contributed by atoms with Gasteiger partial charge in [0.2, 0.25) is 0 Å². The number of nitrogens with zero attached hydrogens (tertiary/aromatic N) is 3. The first-order valence-electron chi connectivity index (χ1n) is 9.32. The molecule has 0 aliphatic carbocycles. The lowest BCUT2D eigenvalue weighted by atomic mass is 10.1. The van der Waals surface area contributed by atoms with E-state index in [0.29, 0.717) is 13.2 Å². The molecule has 2 aromatic heterocycles. The molecule has 2 N–H and O–H groups in total. The monoisotopic (exact) mass is 367 g/mol. The summed E-state index contributed by atoms with van der Waals surface area (Å²) in [5.74, 6) is 1.71. The summed E-state index contributed by atoms with van der Waals surface area (Å²) >= 11 is 0. The first kappa shape index (κ1) is 17.9. The van der Waals surface area contributed by atoms with Crippen LogP contribution in [-0.4, -0.2) is 61.5 Å². The van der Waals surface area contributed by atoms with E-state index in [0.717, 1.165) is 66.7 Å². The first-order chi connectivity index (χ1) is 13.3. The van der Waals surface area contributed by atoms with E-state index in [4.69, 9.17) is 19.4 Å². The van der Waals surface area contributed by atoms with Crippen molar-refractivity contribution in [2.75, 3.05) is 51.5 Å². The van der Waals surface area contributed by atoms with Gasteiger partial charge >= 0.3 is 0 Å². The molecule has 1 aliphatic heterocycles. The Kier molecular flexibility index (Phi) is 5.62. The zero-order valence-electron chi connectivity index (χ0n) is 15.6. The van der Waals surface area contributed by atoms with E-state index in [2.05, 4.69) is 39.5 Å². The van der Waals surface area contributed by atoms with Gasteiger partial charge in [-0.3, -0.25) is 0 Å². The SMILES string of the molecule is COCCNCc1cc(N2CCOCC2)nc(-c2cccc3[nH]ccc23)n1. The Morgan fingerprint density at radius 1 is 1.22 bits per heavy atom. The standard InChI is InChI=1S/C20H25N5O2/c1-26-10-7-21-14-15-13-19(25-8-11-27-12-9-25)24-20(23-15)17-3-2-4-18-16(17)5-6-22-18/h2-6,13,21-22H,7-12,14H2,1H3. The fourth-order valence-electron chi connectivity index (χ4n) is 3.32. The van der Waals surface area contributed by atoms with Crippen molar-refractivity contribution in [3.8, 4) is 11.4 Å². The number of ether oxygens (including phenoxy) is 2. The number of H-pyrrole nitrogens is 1. The minimum Gasteiger partial charge on any atom is -0.383 e. The molecule has 7 nitrogen and oxygen atoms in total. The van der Waals surface area contributed by atoms with Crippen molar-refractivity contribution in [1.82, 2.24) is 20.3 Å². The molecule has 0 saturated carbocycles. The molecule has 0 unspecified atom stereocenters. The van der Waals surface area contributed by atoms with Crippen LogP contribution in [0.3, 0.4) is 0 Å². The summed E-state index contributed by atoms with van der Waals surface area (Å²) in [4.78, 5) is 15.3. The van der Waals surface area contributed by atoms with Crippen LogP contribution >= 0.6 is 0 Å². The summed E-state index contributed by atoms with van der Waals surface area (Å²) in [5.41, 5.74) is 3.11. The van der Waals surface area contributed by atoms with Gasteiger partial charge in [0.1, 0.15) is 5.82 Å². The van der Waals surface area contributed by atoms with Gasteiger partial charge < -0.3 is 24.7 Å².